The minimum absolute atomic E-state index is 0.603. The van der Waals surface area contributed by atoms with Crippen LogP contribution in [0.2, 0.25) is 0 Å². The second-order valence-corrected chi connectivity index (χ2v) is 4.65. The molecule has 0 atom stereocenters. The van der Waals surface area contributed by atoms with Gasteiger partial charge in [-0.3, -0.25) is 4.99 Å². The van der Waals surface area contributed by atoms with Crippen molar-refractivity contribution in [2.75, 3.05) is 0 Å². The number of hydrogen-bond acceptors (Lipinski definition) is 1. The van der Waals surface area contributed by atoms with Gasteiger partial charge in [0, 0.05) is 11.9 Å². The third-order valence-corrected chi connectivity index (χ3v) is 2.02. The fraction of sp³-hybridized carbons (Fsp3) is 0.500. The molecule has 0 aromatic rings. The molecular weight excluding hydrogens is 206 g/mol. The molecule has 1 heteroatoms. The van der Waals surface area contributed by atoms with Crippen LogP contribution in [-0.4, -0.2) is 6.21 Å². The summed E-state index contributed by atoms with van der Waals surface area (Å²) in [7, 11) is 0. The Labute approximate surface area is 106 Å². The first-order valence-electron chi connectivity index (χ1n) is 6.29. The van der Waals surface area contributed by atoms with Crippen LogP contribution in [0.15, 0.2) is 46.8 Å². The molecule has 0 saturated carbocycles. The summed E-state index contributed by atoms with van der Waals surface area (Å²) < 4.78 is 0. The molecule has 0 unspecified atom stereocenters. The van der Waals surface area contributed by atoms with Crippen LogP contribution in [0.5, 0.6) is 0 Å². The van der Waals surface area contributed by atoms with E-state index in [1.165, 1.54) is 5.57 Å². The summed E-state index contributed by atoms with van der Waals surface area (Å²) in [5, 5.41) is 0. The van der Waals surface area contributed by atoms with Crippen LogP contribution >= 0.6 is 0 Å². The van der Waals surface area contributed by atoms with Crippen LogP contribution in [0.4, 0.5) is 0 Å². The Morgan fingerprint density at radius 3 is 2.59 bits per heavy atom. The van der Waals surface area contributed by atoms with Crippen LogP contribution in [0.25, 0.3) is 0 Å². The standard InChI is InChI=1S/C16H25N/c1-14(2)13-16(5)11-9-7-6-8-10-12-17-15(3)4/h7,11-14H,3,6,8,10H2,1-2,4-5H3/b16-13+,17-12+. The first-order valence-corrected chi connectivity index (χ1v) is 6.29. The molecule has 0 aliphatic carbocycles. The number of rotatable bonds is 7. The molecule has 0 aliphatic heterocycles. The Kier molecular flexibility index (Phi) is 9.09. The fourth-order valence-corrected chi connectivity index (χ4v) is 1.38. The van der Waals surface area contributed by atoms with E-state index in [4.69, 9.17) is 0 Å². The Hall–Kier alpha value is -1.33. The zero-order chi connectivity index (χ0) is 13.1. The Morgan fingerprint density at radius 1 is 1.29 bits per heavy atom. The Bertz CT molecular complexity index is 337. The van der Waals surface area contributed by atoms with Gasteiger partial charge in [-0.25, -0.2) is 0 Å². The van der Waals surface area contributed by atoms with Crippen molar-refractivity contribution in [3.63, 3.8) is 0 Å². The lowest BCUT2D eigenvalue weighted by atomic mass is 10.1. The first kappa shape index (κ1) is 15.7. The lowest BCUT2D eigenvalue weighted by Gasteiger charge is -1.94. The largest absolute Gasteiger partial charge is 0.267 e. The monoisotopic (exact) mass is 231 g/mol. The van der Waals surface area contributed by atoms with Crippen LogP contribution in [0.3, 0.4) is 0 Å². The molecule has 0 radical (unpaired) electrons. The topological polar surface area (TPSA) is 12.4 Å². The van der Waals surface area contributed by atoms with E-state index in [2.05, 4.69) is 50.2 Å². The normalized spacial score (nSPS) is 11.7. The molecule has 94 valence electrons. The van der Waals surface area contributed by atoms with Crippen molar-refractivity contribution in [1.29, 1.82) is 0 Å². The van der Waals surface area contributed by atoms with E-state index in [1.54, 1.807) is 0 Å². The summed E-state index contributed by atoms with van der Waals surface area (Å²) in [6.07, 6.45) is 11.5. The average molecular weight is 231 g/mol. The Morgan fingerprint density at radius 2 is 2.00 bits per heavy atom. The van der Waals surface area contributed by atoms with Crippen molar-refractivity contribution in [3.05, 3.63) is 41.8 Å². The first-order chi connectivity index (χ1) is 8.02. The van der Waals surface area contributed by atoms with Crippen molar-refractivity contribution in [3.8, 4) is 0 Å². The highest BCUT2D eigenvalue weighted by atomic mass is 14.7. The van der Waals surface area contributed by atoms with Gasteiger partial charge in [0.1, 0.15) is 0 Å². The van der Waals surface area contributed by atoms with Crippen LogP contribution in [-0.2, 0) is 0 Å². The highest BCUT2D eigenvalue weighted by molar-refractivity contribution is 5.58. The van der Waals surface area contributed by atoms with Gasteiger partial charge in [-0.2, -0.15) is 0 Å². The van der Waals surface area contributed by atoms with Crippen molar-refractivity contribution >= 4 is 6.21 Å². The molecule has 0 saturated heterocycles. The van der Waals surface area contributed by atoms with Gasteiger partial charge >= 0.3 is 0 Å². The maximum atomic E-state index is 4.13. The van der Waals surface area contributed by atoms with E-state index in [0.29, 0.717) is 5.92 Å². The summed E-state index contributed by atoms with van der Waals surface area (Å²) in [5.74, 6) is 0.603. The number of hydrogen-bond donors (Lipinski definition) is 0. The number of nitrogens with zero attached hydrogens (tertiary/aromatic N) is 1. The van der Waals surface area contributed by atoms with E-state index in [1.807, 2.05) is 19.2 Å². The summed E-state index contributed by atoms with van der Waals surface area (Å²) in [6.45, 7) is 12.1. The highest BCUT2D eigenvalue weighted by Crippen LogP contribution is 2.02. The molecule has 0 heterocycles. The lowest BCUT2D eigenvalue weighted by molar-refractivity contribution is 0.825. The molecule has 0 aromatic heterocycles. The van der Waals surface area contributed by atoms with E-state index in [0.717, 1.165) is 25.0 Å². The molecule has 0 fully saturated rings. The van der Waals surface area contributed by atoms with Gasteiger partial charge in [-0.1, -0.05) is 26.5 Å². The maximum absolute atomic E-state index is 4.13. The van der Waals surface area contributed by atoms with E-state index < -0.39 is 0 Å². The number of unbranched alkanes of at least 4 members (excludes halogenated alkanes) is 2. The predicted octanol–water partition coefficient (Wildman–Crippen LogP) is 5.07. The summed E-state index contributed by atoms with van der Waals surface area (Å²) in [6, 6.07) is 0. The molecule has 0 bridgehead atoms. The zero-order valence-electron chi connectivity index (χ0n) is 11.7. The second-order valence-electron chi connectivity index (χ2n) is 4.65. The number of aliphatic imine (C=N–C) groups is 1. The predicted molar refractivity (Wildman–Crippen MR) is 78.4 cm³/mol. The quantitative estimate of drug-likeness (QED) is 0.251. The third-order valence-electron chi connectivity index (χ3n) is 2.02. The zero-order valence-corrected chi connectivity index (χ0v) is 11.7. The van der Waals surface area contributed by atoms with E-state index in [9.17, 15) is 0 Å². The summed E-state index contributed by atoms with van der Waals surface area (Å²) in [5.41, 5.74) is 5.36. The van der Waals surface area contributed by atoms with Gasteiger partial charge < -0.3 is 0 Å². The van der Waals surface area contributed by atoms with Crippen LogP contribution in [0.1, 0.15) is 47.0 Å². The van der Waals surface area contributed by atoms with Gasteiger partial charge in [0.05, 0.1) is 0 Å². The minimum atomic E-state index is 0.603. The van der Waals surface area contributed by atoms with E-state index in [-0.39, 0.29) is 0 Å². The van der Waals surface area contributed by atoms with Crippen molar-refractivity contribution in [2.24, 2.45) is 10.9 Å². The SMILES string of the molecule is C=C(C)/N=C/CCCC=C=C/C(C)=C/C(C)C. The molecule has 0 amide bonds. The molecule has 0 aromatic carbocycles. The van der Waals surface area contributed by atoms with Gasteiger partial charge in [0.2, 0.25) is 0 Å². The minimum Gasteiger partial charge on any atom is -0.267 e. The van der Waals surface area contributed by atoms with Gasteiger partial charge in [-0.05, 0) is 56.8 Å². The summed E-state index contributed by atoms with van der Waals surface area (Å²) >= 11 is 0. The molecule has 1 nitrogen and oxygen atoms in total. The maximum Gasteiger partial charge on any atom is 0.0297 e. The van der Waals surface area contributed by atoms with Crippen LogP contribution < -0.4 is 0 Å². The molecule has 0 aliphatic rings. The molecule has 0 N–H and O–H groups in total. The summed E-state index contributed by atoms with van der Waals surface area (Å²) in [4.78, 5) is 4.13. The number of allylic oxidation sites excluding steroid dienone is 4. The fourth-order valence-electron chi connectivity index (χ4n) is 1.38. The average Bonchev–Trinajstić information content (AvgIpc) is 2.20. The van der Waals surface area contributed by atoms with Gasteiger partial charge in [-0.15, -0.1) is 5.73 Å². The lowest BCUT2D eigenvalue weighted by Crippen LogP contribution is -1.79. The smallest absolute Gasteiger partial charge is 0.0297 e. The molecule has 17 heavy (non-hydrogen) atoms. The van der Waals surface area contributed by atoms with Crippen molar-refractivity contribution in [1.82, 2.24) is 0 Å². The van der Waals surface area contributed by atoms with Gasteiger partial charge in [0.25, 0.3) is 0 Å². The highest BCUT2D eigenvalue weighted by Gasteiger charge is 1.86. The Balaban J connectivity index is 3.81. The van der Waals surface area contributed by atoms with E-state index >= 15 is 0 Å². The molecule has 0 rings (SSSR count). The second kappa shape index (κ2) is 9.86. The van der Waals surface area contributed by atoms with Crippen molar-refractivity contribution < 1.29 is 0 Å². The van der Waals surface area contributed by atoms with Crippen molar-refractivity contribution in [2.45, 2.75) is 47.0 Å². The van der Waals surface area contributed by atoms with Crippen LogP contribution in [0, 0.1) is 5.92 Å². The third kappa shape index (κ3) is 12.6. The molecule has 0 spiro atoms. The van der Waals surface area contributed by atoms with Gasteiger partial charge in [0.15, 0.2) is 0 Å². The molecular formula is C16H25N.